The van der Waals surface area contributed by atoms with E-state index in [1.807, 2.05) is 6.92 Å². The van der Waals surface area contributed by atoms with Gasteiger partial charge in [-0.25, -0.2) is 0 Å². The van der Waals surface area contributed by atoms with Gasteiger partial charge in [-0.3, -0.25) is 0 Å². The molecule has 0 atom stereocenters. The second kappa shape index (κ2) is 9.80. The molecule has 0 spiro atoms. The van der Waals surface area contributed by atoms with Gasteiger partial charge in [0, 0.05) is 6.42 Å². The quantitative estimate of drug-likeness (QED) is 0.356. The van der Waals surface area contributed by atoms with E-state index < -0.39 is 0 Å². The summed E-state index contributed by atoms with van der Waals surface area (Å²) in [5.74, 6) is 2.74. The van der Waals surface area contributed by atoms with E-state index in [-0.39, 0.29) is 0 Å². The standard InChI is InChI=1S/C22H34O/c1-4-5-6-7-19-8-10-20(11-9-19)21-12-14-22(15-13-21)23-17-16-18(2)3/h12-15,19-20H,2,4-11,16-17H2,1,3H3. The van der Waals surface area contributed by atoms with Crippen LogP contribution in [0.4, 0.5) is 0 Å². The minimum Gasteiger partial charge on any atom is -0.493 e. The summed E-state index contributed by atoms with van der Waals surface area (Å²) in [4.78, 5) is 0. The van der Waals surface area contributed by atoms with Crippen molar-refractivity contribution in [3.05, 3.63) is 42.0 Å². The topological polar surface area (TPSA) is 9.23 Å². The van der Waals surface area contributed by atoms with Gasteiger partial charge in [0.2, 0.25) is 0 Å². The summed E-state index contributed by atoms with van der Waals surface area (Å²) in [5, 5.41) is 0. The first-order chi connectivity index (χ1) is 11.2. The van der Waals surface area contributed by atoms with Gasteiger partial charge in [0.25, 0.3) is 0 Å². The van der Waals surface area contributed by atoms with Crippen molar-refractivity contribution < 1.29 is 4.74 Å². The zero-order valence-electron chi connectivity index (χ0n) is 15.2. The van der Waals surface area contributed by atoms with E-state index in [1.165, 1.54) is 62.5 Å². The molecular weight excluding hydrogens is 280 g/mol. The maximum Gasteiger partial charge on any atom is 0.119 e. The number of unbranched alkanes of at least 4 members (excludes halogenated alkanes) is 2. The van der Waals surface area contributed by atoms with Crippen LogP contribution in [0.1, 0.15) is 83.1 Å². The van der Waals surface area contributed by atoms with Gasteiger partial charge in [-0.2, -0.15) is 0 Å². The second-order valence-electron chi connectivity index (χ2n) is 7.34. The fraction of sp³-hybridized carbons (Fsp3) is 0.636. The Balaban J connectivity index is 1.74. The highest BCUT2D eigenvalue weighted by molar-refractivity contribution is 5.29. The van der Waals surface area contributed by atoms with Crippen LogP contribution in [0.15, 0.2) is 36.4 Å². The molecule has 1 aromatic carbocycles. The molecule has 0 aliphatic heterocycles. The SMILES string of the molecule is C=C(C)CCOc1ccc(C2CCC(CCCCC)CC2)cc1. The number of hydrogen-bond donors (Lipinski definition) is 0. The highest BCUT2D eigenvalue weighted by Crippen LogP contribution is 2.38. The summed E-state index contributed by atoms with van der Waals surface area (Å²) >= 11 is 0. The Kier molecular flexibility index (Phi) is 7.71. The lowest BCUT2D eigenvalue weighted by molar-refractivity contribution is 0.302. The molecule has 0 heterocycles. The normalized spacial score (nSPS) is 21.1. The van der Waals surface area contributed by atoms with E-state index in [0.717, 1.165) is 30.6 Å². The van der Waals surface area contributed by atoms with Gasteiger partial charge < -0.3 is 4.74 Å². The van der Waals surface area contributed by atoms with Crippen LogP contribution in [0.25, 0.3) is 0 Å². The van der Waals surface area contributed by atoms with Gasteiger partial charge in [0.1, 0.15) is 5.75 Å². The Morgan fingerprint density at radius 3 is 2.39 bits per heavy atom. The maximum absolute atomic E-state index is 5.77. The molecule has 1 aliphatic rings. The zero-order valence-corrected chi connectivity index (χ0v) is 15.2. The van der Waals surface area contributed by atoms with Crippen molar-refractivity contribution in [2.75, 3.05) is 6.61 Å². The third kappa shape index (κ3) is 6.41. The molecule has 1 nitrogen and oxygen atoms in total. The van der Waals surface area contributed by atoms with Gasteiger partial charge in [-0.05, 0) is 62.1 Å². The summed E-state index contributed by atoms with van der Waals surface area (Å²) in [6, 6.07) is 8.83. The predicted octanol–water partition coefficient (Wildman–Crippen LogP) is 6.89. The van der Waals surface area contributed by atoms with Crippen molar-refractivity contribution >= 4 is 0 Å². The van der Waals surface area contributed by atoms with Crippen LogP contribution in [0.3, 0.4) is 0 Å². The molecule has 1 aromatic rings. The number of rotatable bonds is 9. The Bertz CT molecular complexity index is 451. The first kappa shape index (κ1) is 18.1. The summed E-state index contributed by atoms with van der Waals surface area (Å²) < 4.78 is 5.77. The van der Waals surface area contributed by atoms with Crippen molar-refractivity contribution in [1.82, 2.24) is 0 Å². The van der Waals surface area contributed by atoms with E-state index in [0.29, 0.717) is 0 Å². The summed E-state index contributed by atoms with van der Waals surface area (Å²) in [6.07, 6.45) is 12.2. The molecule has 1 heteroatoms. The zero-order chi connectivity index (χ0) is 16.5. The fourth-order valence-electron chi connectivity index (χ4n) is 3.65. The lowest BCUT2D eigenvalue weighted by atomic mass is 9.77. The highest BCUT2D eigenvalue weighted by Gasteiger charge is 2.21. The Morgan fingerprint density at radius 2 is 1.78 bits per heavy atom. The van der Waals surface area contributed by atoms with Crippen molar-refractivity contribution in [2.45, 2.75) is 77.6 Å². The monoisotopic (exact) mass is 314 g/mol. The average molecular weight is 315 g/mol. The molecule has 1 saturated carbocycles. The van der Waals surface area contributed by atoms with Crippen LogP contribution in [0.5, 0.6) is 5.75 Å². The van der Waals surface area contributed by atoms with E-state index >= 15 is 0 Å². The second-order valence-corrected chi connectivity index (χ2v) is 7.34. The van der Waals surface area contributed by atoms with Gasteiger partial charge in [-0.15, -0.1) is 6.58 Å². The lowest BCUT2D eigenvalue weighted by Gasteiger charge is -2.29. The van der Waals surface area contributed by atoms with Crippen LogP contribution in [-0.4, -0.2) is 6.61 Å². The van der Waals surface area contributed by atoms with Gasteiger partial charge >= 0.3 is 0 Å². The van der Waals surface area contributed by atoms with Crippen molar-refractivity contribution in [2.24, 2.45) is 5.92 Å². The number of ether oxygens (including phenoxy) is 1. The summed E-state index contributed by atoms with van der Waals surface area (Å²) in [7, 11) is 0. The molecule has 23 heavy (non-hydrogen) atoms. The van der Waals surface area contributed by atoms with E-state index in [2.05, 4.69) is 37.8 Å². The molecule has 1 fully saturated rings. The molecule has 128 valence electrons. The van der Waals surface area contributed by atoms with Crippen molar-refractivity contribution in [3.63, 3.8) is 0 Å². The molecule has 0 bridgehead atoms. The molecule has 2 rings (SSSR count). The first-order valence-electron chi connectivity index (χ1n) is 9.56. The van der Waals surface area contributed by atoms with Crippen molar-refractivity contribution in [3.8, 4) is 5.75 Å². The van der Waals surface area contributed by atoms with Gasteiger partial charge in [-0.1, -0.05) is 50.3 Å². The molecule has 0 amide bonds. The largest absolute Gasteiger partial charge is 0.493 e. The number of benzene rings is 1. The van der Waals surface area contributed by atoms with Crippen LogP contribution < -0.4 is 4.74 Å². The van der Waals surface area contributed by atoms with E-state index in [9.17, 15) is 0 Å². The molecule has 1 aliphatic carbocycles. The van der Waals surface area contributed by atoms with Crippen LogP contribution >= 0.6 is 0 Å². The van der Waals surface area contributed by atoms with Crippen LogP contribution in [-0.2, 0) is 0 Å². The first-order valence-corrected chi connectivity index (χ1v) is 9.56. The van der Waals surface area contributed by atoms with Crippen LogP contribution in [0.2, 0.25) is 0 Å². The van der Waals surface area contributed by atoms with Gasteiger partial charge in [0.05, 0.1) is 6.61 Å². The Morgan fingerprint density at radius 1 is 1.09 bits per heavy atom. The molecule has 0 saturated heterocycles. The maximum atomic E-state index is 5.77. The fourth-order valence-corrected chi connectivity index (χ4v) is 3.65. The molecular formula is C22H34O. The van der Waals surface area contributed by atoms with E-state index in [1.54, 1.807) is 0 Å². The summed E-state index contributed by atoms with van der Waals surface area (Å²) in [6.45, 7) is 8.99. The molecule has 0 N–H and O–H groups in total. The minimum absolute atomic E-state index is 0.734. The summed E-state index contributed by atoms with van der Waals surface area (Å²) in [5.41, 5.74) is 2.68. The lowest BCUT2D eigenvalue weighted by Crippen LogP contribution is -2.13. The Labute approximate surface area is 143 Å². The molecule has 0 radical (unpaired) electrons. The Hall–Kier alpha value is -1.24. The molecule has 0 unspecified atom stereocenters. The van der Waals surface area contributed by atoms with E-state index in [4.69, 9.17) is 4.74 Å². The number of hydrogen-bond acceptors (Lipinski definition) is 1. The smallest absolute Gasteiger partial charge is 0.119 e. The van der Waals surface area contributed by atoms with Crippen molar-refractivity contribution in [1.29, 1.82) is 0 Å². The van der Waals surface area contributed by atoms with Gasteiger partial charge in [0.15, 0.2) is 0 Å². The highest BCUT2D eigenvalue weighted by atomic mass is 16.5. The third-order valence-corrected chi connectivity index (χ3v) is 5.21. The predicted molar refractivity (Wildman–Crippen MR) is 100 cm³/mol. The average Bonchev–Trinajstić information content (AvgIpc) is 2.56. The van der Waals surface area contributed by atoms with Crippen LogP contribution in [0, 0.1) is 5.92 Å². The third-order valence-electron chi connectivity index (χ3n) is 5.21. The minimum atomic E-state index is 0.734. The molecule has 0 aromatic heterocycles.